The van der Waals surface area contributed by atoms with Crippen LogP contribution in [0.25, 0.3) is 0 Å². The van der Waals surface area contributed by atoms with E-state index in [0.29, 0.717) is 18.1 Å². The van der Waals surface area contributed by atoms with Crippen LogP contribution >= 0.6 is 11.6 Å². The molecule has 2 amide bonds. The molecule has 0 saturated carbocycles. The van der Waals surface area contributed by atoms with Crippen LogP contribution < -0.4 is 10.6 Å². The summed E-state index contributed by atoms with van der Waals surface area (Å²) in [6.45, 7) is 2.92. The molecule has 0 radical (unpaired) electrons. The molecule has 1 atom stereocenters. The zero-order valence-electron chi connectivity index (χ0n) is 11.0. The van der Waals surface area contributed by atoms with E-state index in [0.717, 1.165) is 0 Å². The number of carbonyl (C=O) groups excluding carboxylic acids is 2. The molecule has 108 valence electrons. The lowest BCUT2D eigenvalue weighted by Crippen LogP contribution is -2.53. The van der Waals surface area contributed by atoms with Crippen molar-refractivity contribution in [1.29, 1.82) is 0 Å². The molecular weight excluding hydrogens is 285 g/mol. The van der Waals surface area contributed by atoms with E-state index < -0.39 is 11.9 Å². The monoisotopic (exact) mass is 299 g/mol. The van der Waals surface area contributed by atoms with E-state index in [1.807, 2.05) is 0 Å². The average Bonchev–Trinajstić information content (AvgIpc) is 2.42. The standard InChI is InChI=1S/C13H15ClFN3O2/c1-8(18-5-4-16-12(19)7-18)13(20)17-11-6-9(14)2-3-10(11)15/h2-3,6,8H,4-5,7H2,1H3,(H,16,19)(H,17,20). The Hall–Kier alpha value is -1.66. The van der Waals surface area contributed by atoms with Crippen LogP contribution in [0.5, 0.6) is 0 Å². The maximum Gasteiger partial charge on any atom is 0.241 e. The van der Waals surface area contributed by atoms with Gasteiger partial charge in [0.1, 0.15) is 5.82 Å². The van der Waals surface area contributed by atoms with Crippen LogP contribution in [0, 0.1) is 5.82 Å². The molecule has 2 rings (SSSR count). The fourth-order valence-corrected chi connectivity index (χ4v) is 2.16. The number of anilines is 1. The third-order valence-electron chi connectivity index (χ3n) is 3.18. The first-order valence-electron chi connectivity index (χ1n) is 6.24. The van der Waals surface area contributed by atoms with Crippen LogP contribution in [0.15, 0.2) is 18.2 Å². The van der Waals surface area contributed by atoms with Crippen molar-refractivity contribution in [3.05, 3.63) is 29.0 Å². The SMILES string of the molecule is CC(C(=O)Nc1cc(Cl)ccc1F)N1CCNC(=O)C1. The molecular formula is C13H15ClFN3O2. The molecule has 1 saturated heterocycles. The van der Waals surface area contributed by atoms with E-state index in [1.54, 1.807) is 11.8 Å². The number of hydrogen-bond donors (Lipinski definition) is 2. The summed E-state index contributed by atoms with van der Waals surface area (Å²) in [6.07, 6.45) is 0. The molecule has 1 heterocycles. The highest BCUT2D eigenvalue weighted by Crippen LogP contribution is 2.20. The van der Waals surface area contributed by atoms with E-state index in [-0.39, 0.29) is 24.0 Å². The molecule has 1 aliphatic heterocycles. The van der Waals surface area contributed by atoms with Gasteiger partial charge in [-0.05, 0) is 25.1 Å². The average molecular weight is 300 g/mol. The maximum absolute atomic E-state index is 13.5. The van der Waals surface area contributed by atoms with Gasteiger partial charge in [0.05, 0.1) is 18.3 Å². The molecule has 5 nitrogen and oxygen atoms in total. The highest BCUT2D eigenvalue weighted by molar-refractivity contribution is 6.30. The van der Waals surface area contributed by atoms with Crippen molar-refractivity contribution in [2.45, 2.75) is 13.0 Å². The number of piperazine rings is 1. The lowest BCUT2D eigenvalue weighted by atomic mass is 10.2. The third kappa shape index (κ3) is 3.46. The highest BCUT2D eigenvalue weighted by atomic mass is 35.5. The Kier molecular flexibility index (Phi) is 4.57. The predicted octanol–water partition coefficient (Wildman–Crippen LogP) is 1.24. The van der Waals surface area contributed by atoms with Crippen molar-refractivity contribution in [1.82, 2.24) is 10.2 Å². The minimum absolute atomic E-state index is 0.0378. The molecule has 2 N–H and O–H groups in total. The van der Waals surface area contributed by atoms with Crippen LogP contribution in [0.3, 0.4) is 0 Å². The van der Waals surface area contributed by atoms with Crippen LogP contribution in [-0.2, 0) is 9.59 Å². The van der Waals surface area contributed by atoms with Gasteiger partial charge in [0.2, 0.25) is 11.8 Å². The summed E-state index contributed by atoms with van der Waals surface area (Å²) in [4.78, 5) is 25.1. The molecule has 20 heavy (non-hydrogen) atoms. The smallest absolute Gasteiger partial charge is 0.241 e. The minimum atomic E-state index is -0.550. The molecule has 1 aromatic rings. The Morgan fingerprint density at radius 3 is 3.00 bits per heavy atom. The predicted molar refractivity (Wildman–Crippen MR) is 74.1 cm³/mol. The van der Waals surface area contributed by atoms with Crippen molar-refractivity contribution in [3.63, 3.8) is 0 Å². The van der Waals surface area contributed by atoms with Crippen molar-refractivity contribution in [2.75, 3.05) is 25.0 Å². The van der Waals surface area contributed by atoms with E-state index in [9.17, 15) is 14.0 Å². The summed E-state index contributed by atoms with van der Waals surface area (Å²) in [5.74, 6) is -1.04. The molecule has 1 aliphatic rings. The number of carbonyl (C=O) groups is 2. The van der Waals surface area contributed by atoms with E-state index in [1.165, 1.54) is 18.2 Å². The van der Waals surface area contributed by atoms with Gasteiger partial charge in [0, 0.05) is 18.1 Å². The second-order valence-corrected chi connectivity index (χ2v) is 5.05. The largest absolute Gasteiger partial charge is 0.354 e. The van der Waals surface area contributed by atoms with Crippen LogP contribution in [0.1, 0.15) is 6.92 Å². The summed E-state index contributed by atoms with van der Waals surface area (Å²) in [5, 5.41) is 5.51. The van der Waals surface area contributed by atoms with Gasteiger partial charge in [0.25, 0.3) is 0 Å². The Morgan fingerprint density at radius 2 is 2.30 bits per heavy atom. The van der Waals surface area contributed by atoms with Gasteiger partial charge in [0.15, 0.2) is 0 Å². The first-order chi connectivity index (χ1) is 9.47. The summed E-state index contributed by atoms with van der Waals surface area (Å²) >= 11 is 5.77. The molecule has 1 aromatic carbocycles. The fraction of sp³-hybridized carbons (Fsp3) is 0.385. The van der Waals surface area contributed by atoms with Crippen molar-refractivity contribution in [2.24, 2.45) is 0 Å². The van der Waals surface area contributed by atoms with E-state index >= 15 is 0 Å². The molecule has 7 heteroatoms. The first kappa shape index (κ1) is 14.7. The summed E-state index contributed by atoms with van der Waals surface area (Å²) in [6, 6.07) is 3.42. The second kappa shape index (κ2) is 6.19. The van der Waals surface area contributed by atoms with Gasteiger partial charge in [-0.25, -0.2) is 4.39 Å². The zero-order chi connectivity index (χ0) is 14.7. The number of rotatable bonds is 3. The van der Waals surface area contributed by atoms with Crippen molar-refractivity contribution < 1.29 is 14.0 Å². The quantitative estimate of drug-likeness (QED) is 0.883. The summed E-state index contributed by atoms with van der Waals surface area (Å²) in [5.41, 5.74) is 0.0378. The van der Waals surface area contributed by atoms with Gasteiger partial charge in [-0.3, -0.25) is 14.5 Å². The lowest BCUT2D eigenvalue weighted by molar-refractivity contribution is -0.127. The van der Waals surface area contributed by atoms with Crippen LogP contribution in [0.4, 0.5) is 10.1 Å². The van der Waals surface area contributed by atoms with E-state index in [2.05, 4.69) is 10.6 Å². The van der Waals surface area contributed by atoms with E-state index in [4.69, 9.17) is 11.6 Å². The van der Waals surface area contributed by atoms with Gasteiger partial charge in [-0.2, -0.15) is 0 Å². The fourth-order valence-electron chi connectivity index (χ4n) is 1.99. The Labute approximate surface area is 121 Å². The summed E-state index contributed by atoms with van der Waals surface area (Å²) in [7, 11) is 0. The number of halogens is 2. The lowest BCUT2D eigenvalue weighted by Gasteiger charge is -2.31. The topological polar surface area (TPSA) is 61.4 Å². The van der Waals surface area contributed by atoms with Crippen LogP contribution in [0.2, 0.25) is 5.02 Å². The number of hydrogen-bond acceptors (Lipinski definition) is 3. The molecule has 0 spiro atoms. The third-order valence-corrected chi connectivity index (χ3v) is 3.42. The van der Waals surface area contributed by atoms with Gasteiger partial charge in [-0.1, -0.05) is 11.6 Å². The zero-order valence-corrected chi connectivity index (χ0v) is 11.7. The number of nitrogens with zero attached hydrogens (tertiary/aromatic N) is 1. The molecule has 1 unspecified atom stereocenters. The summed E-state index contributed by atoms with van der Waals surface area (Å²) < 4.78 is 13.5. The number of amides is 2. The molecule has 0 aliphatic carbocycles. The Balaban J connectivity index is 2.03. The maximum atomic E-state index is 13.5. The number of nitrogens with one attached hydrogen (secondary N) is 2. The highest BCUT2D eigenvalue weighted by Gasteiger charge is 2.26. The Bertz CT molecular complexity index is 538. The number of benzene rings is 1. The second-order valence-electron chi connectivity index (χ2n) is 4.61. The van der Waals surface area contributed by atoms with Crippen molar-refractivity contribution in [3.8, 4) is 0 Å². The normalized spacial score (nSPS) is 17.4. The van der Waals surface area contributed by atoms with Gasteiger partial charge >= 0.3 is 0 Å². The van der Waals surface area contributed by atoms with Gasteiger partial charge in [-0.15, -0.1) is 0 Å². The molecule has 0 bridgehead atoms. The molecule has 0 aromatic heterocycles. The van der Waals surface area contributed by atoms with Crippen molar-refractivity contribution >= 4 is 29.1 Å². The minimum Gasteiger partial charge on any atom is -0.354 e. The first-order valence-corrected chi connectivity index (χ1v) is 6.62. The Morgan fingerprint density at radius 1 is 1.55 bits per heavy atom. The van der Waals surface area contributed by atoms with Gasteiger partial charge < -0.3 is 10.6 Å². The van der Waals surface area contributed by atoms with Crippen LogP contribution in [-0.4, -0.2) is 42.4 Å². The molecule has 1 fully saturated rings.